The van der Waals surface area contributed by atoms with Gasteiger partial charge in [0.15, 0.2) is 9.84 Å². The summed E-state index contributed by atoms with van der Waals surface area (Å²) in [6.07, 6.45) is -3.99. The summed E-state index contributed by atoms with van der Waals surface area (Å²) < 4.78 is 74.5. The molecule has 0 saturated carbocycles. The molecule has 1 aliphatic rings. The van der Waals surface area contributed by atoms with Gasteiger partial charge in [0.2, 0.25) is 5.88 Å². The van der Waals surface area contributed by atoms with Gasteiger partial charge in [-0.2, -0.15) is 18.4 Å². The van der Waals surface area contributed by atoms with Crippen molar-refractivity contribution in [1.82, 2.24) is 0 Å². The second-order valence-corrected chi connectivity index (χ2v) is 8.12. The minimum absolute atomic E-state index is 0.0645. The predicted octanol–water partition coefficient (Wildman–Crippen LogP) is 2.75. The maximum atomic E-state index is 13.3. The Hall–Kier alpha value is -3.00. The molecule has 0 aromatic heterocycles. The molecule has 0 radical (unpaired) electrons. The summed E-state index contributed by atoms with van der Waals surface area (Å²) >= 11 is 0. The molecule has 0 bridgehead atoms. The fourth-order valence-electron chi connectivity index (χ4n) is 2.95. The first-order chi connectivity index (χ1) is 13.3. The van der Waals surface area contributed by atoms with E-state index in [-0.39, 0.29) is 17.9 Å². The number of allylic oxidation sites excluding steroid dienone is 2. The molecular weight excluding hydrogens is 413 g/mol. The Balaban J connectivity index is 2.93. The van der Waals surface area contributed by atoms with Crippen LogP contribution in [0.15, 0.2) is 45.9 Å². The van der Waals surface area contributed by atoms with Gasteiger partial charge >= 0.3 is 12.1 Å². The van der Waals surface area contributed by atoms with Crippen LogP contribution < -0.4 is 5.73 Å². The lowest BCUT2D eigenvalue weighted by atomic mass is 9.82. The molecule has 1 unspecified atom stereocenters. The Bertz CT molecular complexity index is 1070. The number of esters is 1. The zero-order valence-corrected chi connectivity index (χ0v) is 16.4. The molecule has 1 aliphatic heterocycles. The van der Waals surface area contributed by atoms with E-state index in [1.165, 1.54) is 13.8 Å². The highest BCUT2D eigenvalue weighted by atomic mass is 32.2. The van der Waals surface area contributed by atoms with Crippen LogP contribution in [0.2, 0.25) is 0 Å². The van der Waals surface area contributed by atoms with E-state index in [1.807, 2.05) is 0 Å². The van der Waals surface area contributed by atoms with Crippen LogP contribution >= 0.6 is 0 Å². The number of nitriles is 1. The Labute approximate surface area is 165 Å². The molecule has 1 aromatic rings. The summed E-state index contributed by atoms with van der Waals surface area (Å²) in [6.45, 7) is 2.76. The van der Waals surface area contributed by atoms with Crippen LogP contribution in [0.1, 0.15) is 30.9 Å². The fraction of sp³-hybridized carbons (Fsp3) is 0.333. The zero-order valence-electron chi connectivity index (χ0n) is 15.6. The van der Waals surface area contributed by atoms with Crippen molar-refractivity contribution in [2.24, 2.45) is 5.73 Å². The number of alkyl halides is 3. The molecular formula is C18H17F3N2O5S. The number of hydrogen-bond donors (Lipinski definition) is 1. The van der Waals surface area contributed by atoms with Gasteiger partial charge in [0.1, 0.15) is 17.4 Å². The van der Waals surface area contributed by atoms with Gasteiger partial charge in [-0.25, -0.2) is 13.2 Å². The molecule has 7 nitrogen and oxygen atoms in total. The number of nitrogens with two attached hydrogens (primary N) is 1. The topological polar surface area (TPSA) is 119 Å². The van der Waals surface area contributed by atoms with Crippen molar-refractivity contribution in [1.29, 1.82) is 5.26 Å². The minimum atomic E-state index is -4.79. The van der Waals surface area contributed by atoms with Gasteiger partial charge in [-0.1, -0.05) is 0 Å². The summed E-state index contributed by atoms with van der Waals surface area (Å²) in [5, 5.41) is 9.52. The van der Waals surface area contributed by atoms with Crippen LogP contribution in [-0.2, 0) is 30.3 Å². The second kappa shape index (κ2) is 7.79. The second-order valence-electron chi connectivity index (χ2n) is 6.14. The molecule has 2 N–H and O–H groups in total. The Morgan fingerprint density at radius 2 is 2.00 bits per heavy atom. The molecule has 0 aliphatic carbocycles. The Morgan fingerprint density at radius 3 is 2.48 bits per heavy atom. The van der Waals surface area contributed by atoms with Crippen LogP contribution in [0, 0.1) is 11.3 Å². The molecule has 1 atom stereocenters. The highest BCUT2D eigenvalue weighted by Crippen LogP contribution is 2.43. The van der Waals surface area contributed by atoms with Crippen LogP contribution in [0.4, 0.5) is 13.2 Å². The molecule has 11 heteroatoms. The van der Waals surface area contributed by atoms with E-state index in [0.29, 0.717) is 12.1 Å². The van der Waals surface area contributed by atoms with Gasteiger partial charge in [-0.05, 0) is 37.6 Å². The number of nitrogens with zero attached hydrogens (tertiary/aromatic N) is 1. The maximum Gasteiger partial charge on any atom is 0.416 e. The molecule has 0 spiro atoms. The largest absolute Gasteiger partial charge is 0.463 e. The van der Waals surface area contributed by atoms with E-state index in [9.17, 15) is 31.6 Å². The quantitative estimate of drug-likeness (QED) is 0.730. The monoisotopic (exact) mass is 430 g/mol. The predicted molar refractivity (Wildman–Crippen MR) is 94.5 cm³/mol. The van der Waals surface area contributed by atoms with E-state index in [4.69, 9.17) is 15.2 Å². The lowest BCUT2D eigenvalue weighted by molar-refractivity contribution is -0.139. The number of halogens is 3. The van der Waals surface area contributed by atoms with Crippen LogP contribution in [0.25, 0.3) is 0 Å². The van der Waals surface area contributed by atoms with Crippen molar-refractivity contribution in [2.75, 3.05) is 12.9 Å². The number of ether oxygens (including phenoxy) is 2. The highest BCUT2D eigenvalue weighted by Gasteiger charge is 2.40. The van der Waals surface area contributed by atoms with Crippen LogP contribution in [0.5, 0.6) is 0 Å². The van der Waals surface area contributed by atoms with Crippen molar-refractivity contribution in [2.45, 2.75) is 30.8 Å². The van der Waals surface area contributed by atoms with Crippen molar-refractivity contribution < 1.29 is 35.9 Å². The van der Waals surface area contributed by atoms with Crippen molar-refractivity contribution in [3.8, 4) is 6.07 Å². The van der Waals surface area contributed by atoms with E-state index in [1.54, 1.807) is 6.07 Å². The number of sulfone groups is 1. The number of hydrogen-bond acceptors (Lipinski definition) is 7. The summed E-state index contributed by atoms with van der Waals surface area (Å²) in [5.41, 5.74) is 3.43. The summed E-state index contributed by atoms with van der Waals surface area (Å²) in [6, 6.07) is 3.68. The van der Waals surface area contributed by atoms with Gasteiger partial charge in [-0.3, -0.25) is 0 Å². The molecule has 1 heterocycles. The maximum absolute atomic E-state index is 13.3. The first kappa shape index (κ1) is 22.3. The van der Waals surface area contributed by atoms with Gasteiger partial charge in [0.25, 0.3) is 0 Å². The SMILES string of the molecule is CCOC(=O)C1=C(C)OC(N)=C(C#N)C1c1cc(C(F)(F)F)ccc1S(C)(=O)=O. The van der Waals surface area contributed by atoms with Gasteiger partial charge in [-0.15, -0.1) is 0 Å². The first-order valence-electron chi connectivity index (χ1n) is 8.19. The lowest BCUT2D eigenvalue weighted by Gasteiger charge is -2.28. The molecule has 2 rings (SSSR count). The number of benzene rings is 1. The third-order valence-electron chi connectivity index (χ3n) is 4.15. The third-order valence-corrected chi connectivity index (χ3v) is 5.32. The van der Waals surface area contributed by atoms with E-state index in [2.05, 4.69) is 0 Å². The van der Waals surface area contributed by atoms with Crippen molar-refractivity contribution in [3.05, 3.63) is 52.1 Å². The molecule has 0 saturated heterocycles. The van der Waals surface area contributed by atoms with Crippen LogP contribution in [-0.4, -0.2) is 27.2 Å². The summed E-state index contributed by atoms with van der Waals surface area (Å²) in [7, 11) is -4.03. The normalized spacial score (nSPS) is 17.6. The Kier molecular flexibility index (Phi) is 5.99. The number of carbonyl (C=O) groups excluding carboxylic acids is 1. The standard InChI is InChI=1S/C18H17F3N2O5S/c1-4-27-17(24)14-9(2)28-16(23)12(8-22)15(14)11-7-10(18(19,20)21)5-6-13(11)29(3,25)26/h5-7,15H,4,23H2,1-3H3. The average molecular weight is 430 g/mol. The number of rotatable bonds is 4. The molecule has 1 aromatic carbocycles. The fourth-order valence-corrected chi connectivity index (χ4v) is 3.87. The van der Waals surface area contributed by atoms with Gasteiger partial charge in [0, 0.05) is 6.26 Å². The summed E-state index contributed by atoms with van der Waals surface area (Å²) in [5.74, 6) is -3.03. The van der Waals surface area contributed by atoms with E-state index in [0.717, 1.165) is 12.3 Å². The Morgan fingerprint density at radius 1 is 1.38 bits per heavy atom. The zero-order chi connectivity index (χ0) is 22.1. The smallest absolute Gasteiger partial charge is 0.416 e. The highest BCUT2D eigenvalue weighted by molar-refractivity contribution is 7.90. The van der Waals surface area contributed by atoms with E-state index >= 15 is 0 Å². The summed E-state index contributed by atoms with van der Waals surface area (Å²) in [4.78, 5) is 12.0. The van der Waals surface area contributed by atoms with Gasteiger partial charge in [0.05, 0.1) is 28.6 Å². The third kappa shape index (κ3) is 4.37. The minimum Gasteiger partial charge on any atom is -0.463 e. The first-order valence-corrected chi connectivity index (χ1v) is 10.1. The molecule has 29 heavy (non-hydrogen) atoms. The van der Waals surface area contributed by atoms with Crippen LogP contribution in [0.3, 0.4) is 0 Å². The average Bonchev–Trinajstić information content (AvgIpc) is 2.59. The van der Waals surface area contributed by atoms with Gasteiger partial charge < -0.3 is 15.2 Å². The van der Waals surface area contributed by atoms with Crippen molar-refractivity contribution >= 4 is 15.8 Å². The molecule has 156 valence electrons. The van der Waals surface area contributed by atoms with Crippen molar-refractivity contribution in [3.63, 3.8) is 0 Å². The lowest BCUT2D eigenvalue weighted by Crippen LogP contribution is -2.27. The van der Waals surface area contributed by atoms with E-state index < -0.39 is 55.4 Å². The molecule has 0 fully saturated rings. The number of carbonyl (C=O) groups is 1. The molecule has 0 amide bonds.